The fourth-order valence-electron chi connectivity index (χ4n) is 2.19. The lowest BCUT2D eigenvalue weighted by atomic mass is 9.88. The van der Waals surface area contributed by atoms with Crippen molar-refractivity contribution in [3.8, 4) is 0 Å². The van der Waals surface area contributed by atoms with Crippen molar-refractivity contribution in [1.82, 2.24) is 4.90 Å². The van der Waals surface area contributed by atoms with Gasteiger partial charge in [-0.3, -0.25) is 4.99 Å². The average Bonchev–Trinajstić information content (AvgIpc) is 2.38. The van der Waals surface area contributed by atoms with Gasteiger partial charge < -0.3 is 10.0 Å². The van der Waals surface area contributed by atoms with Gasteiger partial charge in [0.05, 0.1) is 5.57 Å². The summed E-state index contributed by atoms with van der Waals surface area (Å²) >= 11 is 0. The van der Waals surface area contributed by atoms with Crippen molar-refractivity contribution in [2.75, 3.05) is 13.1 Å². The standard InChI is InChI=1S/C12H13F3N2O2/c13-12(14,15)10-5-9(6-16-7-10)8-1-3-17(4-2-8)11(18)19/h1,6-7,9H,2-5H2,(H,18,19). The summed E-state index contributed by atoms with van der Waals surface area (Å²) in [6, 6.07) is 0. The summed E-state index contributed by atoms with van der Waals surface area (Å²) in [7, 11) is 0. The van der Waals surface area contributed by atoms with Crippen LogP contribution in [0.5, 0.6) is 0 Å². The quantitative estimate of drug-likeness (QED) is 0.747. The van der Waals surface area contributed by atoms with Crippen LogP contribution in [-0.4, -0.2) is 41.6 Å². The van der Waals surface area contributed by atoms with E-state index >= 15 is 0 Å². The van der Waals surface area contributed by atoms with Crippen LogP contribution in [0.4, 0.5) is 18.0 Å². The number of carboxylic acid groups (broad SMARTS) is 1. The first-order chi connectivity index (χ1) is 8.88. The summed E-state index contributed by atoms with van der Waals surface area (Å²) in [4.78, 5) is 15.6. The molecular weight excluding hydrogens is 261 g/mol. The van der Waals surface area contributed by atoms with Crippen LogP contribution in [0.2, 0.25) is 0 Å². The Bertz CT molecular complexity index is 466. The lowest BCUT2D eigenvalue weighted by molar-refractivity contribution is -0.0948. The molecule has 0 aromatic heterocycles. The number of alkyl halides is 3. The zero-order valence-electron chi connectivity index (χ0n) is 10.0. The second-order valence-electron chi connectivity index (χ2n) is 4.52. The van der Waals surface area contributed by atoms with Crippen molar-refractivity contribution >= 4 is 12.3 Å². The third-order valence-electron chi connectivity index (χ3n) is 3.29. The molecule has 0 saturated heterocycles. The zero-order chi connectivity index (χ0) is 14.0. The highest BCUT2D eigenvalue weighted by Crippen LogP contribution is 2.35. The van der Waals surface area contributed by atoms with Gasteiger partial charge in [0.25, 0.3) is 0 Å². The molecule has 0 aliphatic carbocycles. The highest BCUT2D eigenvalue weighted by molar-refractivity contribution is 5.69. The van der Waals surface area contributed by atoms with Gasteiger partial charge in [-0.25, -0.2) is 4.79 Å². The Labute approximate surface area is 107 Å². The van der Waals surface area contributed by atoms with Gasteiger partial charge in [-0.15, -0.1) is 0 Å². The Morgan fingerprint density at radius 3 is 2.74 bits per heavy atom. The summed E-state index contributed by atoms with van der Waals surface area (Å²) in [6.07, 6.45) is -0.990. The molecular formula is C12H13F3N2O2. The van der Waals surface area contributed by atoms with Gasteiger partial charge in [-0.1, -0.05) is 11.6 Å². The Kier molecular flexibility index (Phi) is 3.64. The molecule has 0 spiro atoms. The average molecular weight is 274 g/mol. The monoisotopic (exact) mass is 274 g/mol. The van der Waals surface area contributed by atoms with Crippen molar-refractivity contribution in [2.45, 2.75) is 19.0 Å². The third kappa shape index (κ3) is 3.15. The molecule has 1 N–H and O–H groups in total. The highest BCUT2D eigenvalue weighted by Gasteiger charge is 2.36. The van der Waals surface area contributed by atoms with Crippen LogP contribution in [-0.2, 0) is 0 Å². The molecule has 0 fully saturated rings. The fraction of sp³-hybridized carbons (Fsp3) is 0.500. The van der Waals surface area contributed by atoms with Crippen LogP contribution < -0.4 is 0 Å². The molecule has 1 amide bonds. The second kappa shape index (κ2) is 5.07. The van der Waals surface area contributed by atoms with Crippen molar-refractivity contribution in [3.63, 3.8) is 0 Å². The number of hydrogen-bond donors (Lipinski definition) is 1. The van der Waals surface area contributed by atoms with Crippen LogP contribution in [0.3, 0.4) is 0 Å². The smallest absolute Gasteiger partial charge is 0.414 e. The van der Waals surface area contributed by atoms with E-state index in [1.807, 2.05) is 0 Å². The van der Waals surface area contributed by atoms with E-state index in [0.29, 0.717) is 13.0 Å². The van der Waals surface area contributed by atoms with Gasteiger partial charge in [0, 0.05) is 31.4 Å². The first kappa shape index (κ1) is 13.6. The van der Waals surface area contributed by atoms with E-state index in [1.165, 1.54) is 11.1 Å². The predicted molar refractivity (Wildman–Crippen MR) is 63.0 cm³/mol. The Morgan fingerprint density at radius 1 is 1.47 bits per heavy atom. The maximum atomic E-state index is 12.6. The SMILES string of the molecule is O=C(O)N1CC=C(C2C=NC=C(C(F)(F)F)C2)CC1. The van der Waals surface area contributed by atoms with Crippen LogP contribution in [0, 0.1) is 5.92 Å². The molecule has 7 heteroatoms. The maximum Gasteiger partial charge on any atom is 0.414 e. The Hall–Kier alpha value is -1.79. The van der Waals surface area contributed by atoms with Crippen LogP contribution in [0.1, 0.15) is 12.8 Å². The first-order valence-corrected chi connectivity index (χ1v) is 5.84. The molecule has 0 saturated carbocycles. The fourth-order valence-corrected chi connectivity index (χ4v) is 2.19. The van der Waals surface area contributed by atoms with Crippen LogP contribution in [0.15, 0.2) is 28.4 Å². The third-order valence-corrected chi connectivity index (χ3v) is 3.29. The van der Waals surface area contributed by atoms with E-state index in [9.17, 15) is 18.0 Å². The van der Waals surface area contributed by atoms with Gasteiger partial charge in [0.2, 0.25) is 0 Å². The molecule has 0 bridgehead atoms. The normalized spacial score (nSPS) is 23.9. The van der Waals surface area contributed by atoms with E-state index < -0.39 is 17.8 Å². The molecule has 4 nitrogen and oxygen atoms in total. The summed E-state index contributed by atoms with van der Waals surface area (Å²) in [5, 5.41) is 8.80. The Balaban J connectivity index is 2.04. The highest BCUT2D eigenvalue weighted by atomic mass is 19.4. The van der Waals surface area contributed by atoms with Crippen molar-refractivity contribution in [1.29, 1.82) is 0 Å². The molecule has 2 aliphatic rings. The van der Waals surface area contributed by atoms with E-state index in [0.717, 1.165) is 11.8 Å². The summed E-state index contributed by atoms with van der Waals surface area (Å²) in [6.45, 7) is 0.538. The number of hydrogen-bond acceptors (Lipinski definition) is 2. The molecule has 2 aliphatic heterocycles. The van der Waals surface area contributed by atoms with Crippen LogP contribution in [0.25, 0.3) is 0 Å². The minimum Gasteiger partial charge on any atom is -0.465 e. The molecule has 0 aromatic carbocycles. The zero-order valence-corrected chi connectivity index (χ0v) is 10.0. The largest absolute Gasteiger partial charge is 0.465 e. The number of aliphatic imine (C=N–C) groups is 1. The number of nitrogens with zero attached hydrogens (tertiary/aromatic N) is 2. The number of halogens is 3. The van der Waals surface area contributed by atoms with E-state index in [1.54, 1.807) is 6.08 Å². The molecule has 2 rings (SSSR count). The number of rotatable bonds is 1. The second-order valence-corrected chi connectivity index (χ2v) is 4.52. The number of allylic oxidation sites excluding steroid dienone is 1. The molecule has 0 radical (unpaired) electrons. The van der Waals surface area contributed by atoms with Gasteiger partial charge in [-0.2, -0.15) is 13.2 Å². The van der Waals surface area contributed by atoms with Gasteiger partial charge >= 0.3 is 12.3 Å². The molecule has 19 heavy (non-hydrogen) atoms. The lowest BCUT2D eigenvalue weighted by Crippen LogP contribution is -2.35. The minimum atomic E-state index is -4.35. The van der Waals surface area contributed by atoms with E-state index in [4.69, 9.17) is 5.11 Å². The molecule has 1 atom stereocenters. The van der Waals surface area contributed by atoms with Crippen molar-refractivity contribution in [3.05, 3.63) is 23.4 Å². The minimum absolute atomic E-state index is 0.119. The maximum absolute atomic E-state index is 12.6. The summed E-state index contributed by atoms with van der Waals surface area (Å²) < 4.78 is 37.8. The van der Waals surface area contributed by atoms with Crippen molar-refractivity contribution in [2.24, 2.45) is 10.9 Å². The van der Waals surface area contributed by atoms with Crippen molar-refractivity contribution < 1.29 is 23.1 Å². The predicted octanol–water partition coefficient (Wildman–Crippen LogP) is 2.83. The van der Waals surface area contributed by atoms with Gasteiger partial charge in [0.1, 0.15) is 0 Å². The molecule has 1 unspecified atom stereocenters. The molecule has 0 aromatic rings. The summed E-state index contributed by atoms with van der Waals surface area (Å²) in [5.41, 5.74) is 0.192. The van der Waals surface area contributed by atoms with E-state index in [2.05, 4.69) is 4.99 Å². The van der Waals surface area contributed by atoms with E-state index in [-0.39, 0.29) is 18.9 Å². The Morgan fingerprint density at radius 2 is 2.21 bits per heavy atom. The lowest BCUT2D eigenvalue weighted by Gasteiger charge is -2.28. The number of amides is 1. The molecule has 104 valence electrons. The van der Waals surface area contributed by atoms with Gasteiger partial charge in [0.15, 0.2) is 0 Å². The number of carbonyl (C=O) groups is 1. The molecule has 2 heterocycles. The van der Waals surface area contributed by atoms with Gasteiger partial charge in [-0.05, 0) is 12.8 Å². The van der Waals surface area contributed by atoms with Crippen LogP contribution >= 0.6 is 0 Å². The topological polar surface area (TPSA) is 52.9 Å². The summed E-state index contributed by atoms with van der Waals surface area (Å²) in [5.74, 6) is -0.377. The first-order valence-electron chi connectivity index (χ1n) is 5.84.